The fourth-order valence-electron chi connectivity index (χ4n) is 2.36. The highest BCUT2D eigenvalue weighted by Crippen LogP contribution is 2.25. The SMILES string of the molecule is CS(=O)(=O)OCC1CC(=O)N(Cc2ccc(OC(F)(F)F)cc2)C1. The van der Waals surface area contributed by atoms with Gasteiger partial charge in [-0.05, 0) is 17.7 Å². The minimum Gasteiger partial charge on any atom is -0.406 e. The maximum Gasteiger partial charge on any atom is 0.573 e. The number of carbonyl (C=O) groups is 1. The number of ether oxygens (including phenoxy) is 1. The van der Waals surface area contributed by atoms with Gasteiger partial charge in [0.2, 0.25) is 5.91 Å². The molecule has 0 radical (unpaired) electrons. The summed E-state index contributed by atoms with van der Waals surface area (Å²) in [5.74, 6) is -0.730. The van der Waals surface area contributed by atoms with Gasteiger partial charge in [-0.1, -0.05) is 12.1 Å². The van der Waals surface area contributed by atoms with Crippen LogP contribution in [0.5, 0.6) is 5.75 Å². The monoisotopic (exact) mass is 367 g/mol. The molecule has 1 aromatic rings. The van der Waals surface area contributed by atoms with Crippen LogP contribution in [0.4, 0.5) is 13.2 Å². The lowest BCUT2D eigenvalue weighted by molar-refractivity contribution is -0.274. The normalized spacial score (nSPS) is 18.9. The number of hydrogen-bond donors (Lipinski definition) is 0. The van der Waals surface area contributed by atoms with E-state index in [-0.39, 0.29) is 37.1 Å². The van der Waals surface area contributed by atoms with Crippen molar-refractivity contribution in [3.05, 3.63) is 29.8 Å². The van der Waals surface area contributed by atoms with Gasteiger partial charge in [0, 0.05) is 25.4 Å². The second kappa shape index (κ2) is 6.98. The first kappa shape index (κ1) is 18.5. The van der Waals surface area contributed by atoms with Gasteiger partial charge in [-0.3, -0.25) is 8.98 Å². The largest absolute Gasteiger partial charge is 0.573 e. The molecule has 1 atom stereocenters. The first-order valence-electron chi connectivity index (χ1n) is 6.99. The molecule has 1 aliphatic rings. The zero-order valence-electron chi connectivity index (χ0n) is 12.7. The van der Waals surface area contributed by atoms with Gasteiger partial charge in [0.05, 0.1) is 12.9 Å². The predicted molar refractivity (Wildman–Crippen MR) is 77.4 cm³/mol. The molecule has 1 heterocycles. The van der Waals surface area contributed by atoms with Crippen molar-refractivity contribution in [2.45, 2.75) is 19.3 Å². The molecule has 0 N–H and O–H groups in total. The Balaban J connectivity index is 1.90. The second-order valence-corrected chi connectivity index (χ2v) is 7.17. The molecule has 134 valence electrons. The number of amides is 1. The number of likely N-dealkylation sites (tertiary alicyclic amines) is 1. The molecule has 1 amide bonds. The Bertz CT molecular complexity index is 687. The Morgan fingerprint density at radius 3 is 2.42 bits per heavy atom. The van der Waals surface area contributed by atoms with Crippen LogP contribution >= 0.6 is 0 Å². The number of benzene rings is 1. The fourth-order valence-corrected chi connectivity index (χ4v) is 2.79. The first-order valence-corrected chi connectivity index (χ1v) is 8.80. The molecule has 24 heavy (non-hydrogen) atoms. The molecule has 1 aliphatic heterocycles. The lowest BCUT2D eigenvalue weighted by atomic mass is 10.1. The van der Waals surface area contributed by atoms with E-state index in [1.807, 2.05) is 0 Å². The van der Waals surface area contributed by atoms with Crippen molar-refractivity contribution in [1.82, 2.24) is 4.90 Å². The van der Waals surface area contributed by atoms with Gasteiger partial charge < -0.3 is 9.64 Å². The molecule has 0 spiro atoms. The average Bonchev–Trinajstić information content (AvgIpc) is 2.77. The van der Waals surface area contributed by atoms with E-state index in [4.69, 9.17) is 4.18 Å². The van der Waals surface area contributed by atoms with Crippen LogP contribution < -0.4 is 4.74 Å². The molecule has 10 heteroatoms. The van der Waals surface area contributed by atoms with E-state index in [9.17, 15) is 26.4 Å². The van der Waals surface area contributed by atoms with Crippen LogP contribution in [0.25, 0.3) is 0 Å². The van der Waals surface area contributed by atoms with Crippen LogP contribution in [-0.4, -0.2) is 45.0 Å². The third kappa shape index (κ3) is 6.00. The first-order chi connectivity index (χ1) is 11.0. The van der Waals surface area contributed by atoms with Gasteiger partial charge in [-0.15, -0.1) is 13.2 Å². The van der Waals surface area contributed by atoms with E-state index in [0.717, 1.165) is 6.26 Å². The lowest BCUT2D eigenvalue weighted by Crippen LogP contribution is -2.25. The highest BCUT2D eigenvalue weighted by atomic mass is 32.2. The highest BCUT2D eigenvalue weighted by molar-refractivity contribution is 7.85. The van der Waals surface area contributed by atoms with Crippen molar-refractivity contribution < 1.29 is 35.3 Å². The summed E-state index contributed by atoms with van der Waals surface area (Å²) in [6.45, 7) is 0.481. The zero-order chi connectivity index (χ0) is 18.0. The number of carbonyl (C=O) groups excluding carboxylic acids is 1. The second-order valence-electron chi connectivity index (χ2n) is 5.52. The minimum atomic E-state index is -4.75. The summed E-state index contributed by atoms with van der Waals surface area (Å²) in [5.41, 5.74) is 0.641. The number of rotatable bonds is 6. The summed E-state index contributed by atoms with van der Waals surface area (Å²) in [6.07, 6.45) is -3.64. The molecule has 6 nitrogen and oxygen atoms in total. The molecule has 1 saturated heterocycles. The third-order valence-electron chi connectivity index (χ3n) is 3.34. The van der Waals surface area contributed by atoms with Crippen molar-refractivity contribution >= 4 is 16.0 Å². The van der Waals surface area contributed by atoms with Crippen LogP contribution in [0.15, 0.2) is 24.3 Å². The number of halogens is 3. The summed E-state index contributed by atoms with van der Waals surface area (Å²) >= 11 is 0. The van der Waals surface area contributed by atoms with E-state index in [1.54, 1.807) is 0 Å². The lowest BCUT2D eigenvalue weighted by Gasteiger charge is -2.17. The van der Waals surface area contributed by atoms with E-state index < -0.39 is 16.5 Å². The fraction of sp³-hybridized carbons (Fsp3) is 0.500. The van der Waals surface area contributed by atoms with Gasteiger partial charge in [-0.25, -0.2) is 0 Å². The van der Waals surface area contributed by atoms with Crippen molar-refractivity contribution in [1.29, 1.82) is 0 Å². The van der Waals surface area contributed by atoms with Crippen molar-refractivity contribution in [2.75, 3.05) is 19.4 Å². The Labute approximate surface area is 137 Å². The van der Waals surface area contributed by atoms with E-state index in [1.165, 1.54) is 29.2 Å². The molecule has 2 rings (SSSR count). The molecule has 0 aliphatic carbocycles. The average molecular weight is 367 g/mol. The van der Waals surface area contributed by atoms with Gasteiger partial charge in [0.25, 0.3) is 10.1 Å². The molecule has 0 aromatic heterocycles. The molecular weight excluding hydrogens is 351 g/mol. The maximum absolute atomic E-state index is 12.1. The Morgan fingerprint density at radius 1 is 1.25 bits per heavy atom. The molecule has 1 aromatic carbocycles. The minimum absolute atomic E-state index is 0.0700. The molecule has 1 fully saturated rings. The Morgan fingerprint density at radius 2 is 1.88 bits per heavy atom. The van der Waals surface area contributed by atoms with Crippen LogP contribution in [0.2, 0.25) is 0 Å². The Hall–Kier alpha value is -1.81. The van der Waals surface area contributed by atoms with E-state index >= 15 is 0 Å². The van der Waals surface area contributed by atoms with Crippen molar-refractivity contribution in [2.24, 2.45) is 5.92 Å². The van der Waals surface area contributed by atoms with E-state index in [0.29, 0.717) is 12.1 Å². The third-order valence-corrected chi connectivity index (χ3v) is 3.91. The summed E-state index contributed by atoms with van der Waals surface area (Å²) in [6, 6.07) is 5.23. The smallest absolute Gasteiger partial charge is 0.406 e. The topological polar surface area (TPSA) is 72.9 Å². The van der Waals surface area contributed by atoms with Crippen LogP contribution in [0.1, 0.15) is 12.0 Å². The summed E-state index contributed by atoms with van der Waals surface area (Å²) in [4.78, 5) is 13.4. The van der Waals surface area contributed by atoms with Crippen LogP contribution in [-0.2, 0) is 25.6 Å². The van der Waals surface area contributed by atoms with Crippen LogP contribution in [0, 0.1) is 5.92 Å². The maximum atomic E-state index is 12.1. The number of nitrogens with zero attached hydrogens (tertiary/aromatic N) is 1. The Kier molecular flexibility index (Phi) is 5.38. The summed E-state index contributed by atoms with van der Waals surface area (Å²) < 4.78 is 66.7. The zero-order valence-corrected chi connectivity index (χ0v) is 13.6. The van der Waals surface area contributed by atoms with Gasteiger partial charge in [-0.2, -0.15) is 8.42 Å². The van der Waals surface area contributed by atoms with E-state index in [2.05, 4.69) is 4.74 Å². The summed E-state index contributed by atoms with van der Waals surface area (Å²) in [5, 5.41) is 0. The molecule has 0 bridgehead atoms. The standard InChI is InChI=1S/C14H16F3NO5S/c1-24(20,21)22-9-11-6-13(19)18(8-11)7-10-2-4-12(5-3-10)23-14(15,16)17/h2-5,11H,6-9H2,1H3. The quantitative estimate of drug-likeness (QED) is 0.718. The van der Waals surface area contributed by atoms with Crippen LogP contribution in [0.3, 0.4) is 0 Å². The van der Waals surface area contributed by atoms with Gasteiger partial charge in [0.15, 0.2) is 0 Å². The molecule has 1 unspecified atom stereocenters. The summed E-state index contributed by atoms with van der Waals surface area (Å²) in [7, 11) is -3.56. The number of alkyl halides is 3. The van der Waals surface area contributed by atoms with Crippen molar-refractivity contribution in [3.63, 3.8) is 0 Å². The van der Waals surface area contributed by atoms with Crippen molar-refractivity contribution in [3.8, 4) is 5.75 Å². The molecule has 0 saturated carbocycles. The number of hydrogen-bond acceptors (Lipinski definition) is 5. The highest BCUT2D eigenvalue weighted by Gasteiger charge is 2.32. The predicted octanol–water partition coefficient (Wildman–Crippen LogP) is 1.91. The molecular formula is C14H16F3NO5S. The van der Waals surface area contributed by atoms with Gasteiger partial charge >= 0.3 is 6.36 Å². The van der Waals surface area contributed by atoms with Gasteiger partial charge in [0.1, 0.15) is 5.75 Å².